The van der Waals surface area contributed by atoms with E-state index in [0.717, 1.165) is 35.7 Å². The molecule has 0 N–H and O–H groups in total. The number of hydrogen-bond acceptors (Lipinski definition) is 3. The second-order valence-electron chi connectivity index (χ2n) is 5.07. The number of likely N-dealkylation sites (N-methyl/N-ethyl adjacent to an activating group) is 1. The molecule has 22 heavy (non-hydrogen) atoms. The molecule has 3 nitrogen and oxygen atoms in total. The molecular weight excluding hydrogens is 317 g/mol. The van der Waals surface area contributed by atoms with Gasteiger partial charge in [0.15, 0.2) is 0 Å². The Morgan fingerprint density at radius 3 is 2.82 bits per heavy atom. The van der Waals surface area contributed by atoms with Crippen LogP contribution in [0.2, 0.25) is 10.0 Å². The van der Waals surface area contributed by atoms with Gasteiger partial charge >= 0.3 is 0 Å². The van der Waals surface area contributed by atoms with Gasteiger partial charge in [0.05, 0.1) is 22.3 Å². The lowest BCUT2D eigenvalue weighted by Crippen LogP contribution is -2.21. The Labute approximate surface area is 139 Å². The van der Waals surface area contributed by atoms with Gasteiger partial charge in [-0.15, -0.1) is 0 Å². The summed E-state index contributed by atoms with van der Waals surface area (Å²) < 4.78 is 0. The highest BCUT2D eigenvalue weighted by Crippen LogP contribution is 2.24. The zero-order valence-corrected chi connectivity index (χ0v) is 13.6. The number of rotatable bonds is 2. The van der Waals surface area contributed by atoms with Gasteiger partial charge < -0.3 is 4.90 Å². The van der Waals surface area contributed by atoms with Gasteiger partial charge in [-0.25, -0.2) is 4.98 Å². The highest BCUT2D eigenvalue weighted by atomic mass is 35.5. The molecule has 3 rings (SSSR count). The summed E-state index contributed by atoms with van der Waals surface area (Å²) in [6.45, 7) is 1.60. The van der Waals surface area contributed by atoms with Crippen LogP contribution in [0.25, 0.3) is 6.08 Å². The number of fused-ring (bicyclic) bond motifs is 1. The highest BCUT2D eigenvalue weighted by molar-refractivity contribution is 6.42. The van der Waals surface area contributed by atoms with Crippen LogP contribution in [-0.2, 0) is 0 Å². The van der Waals surface area contributed by atoms with Crippen molar-refractivity contribution in [2.45, 2.75) is 0 Å². The molecule has 1 aromatic heterocycles. The van der Waals surface area contributed by atoms with Crippen LogP contribution >= 0.6 is 23.2 Å². The van der Waals surface area contributed by atoms with Gasteiger partial charge in [0, 0.05) is 25.4 Å². The van der Waals surface area contributed by atoms with Gasteiger partial charge in [0.25, 0.3) is 0 Å². The van der Waals surface area contributed by atoms with Crippen LogP contribution in [0.1, 0.15) is 11.1 Å². The Bertz CT molecular complexity index is 753. The summed E-state index contributed by atoms with van der Waals surface area (Å²) in [5.41, 5.74) is 2.96. The molecule has 0 saturated carbocycles. The average Bonchev–Trinajstić information content (AvgIpc) is 2.68. The summed E-state index contributed by atoms with van der Waals surface area (Å²) in [5, 5.41) is 1.11. The number of hydrogen-bond donors (Lipinski definition) is 0. The third kappa shape index (κ3) is 3.16. The monoisotopic (exact) mass is 331 g/mol. The van der Waals surface area contributed by atoms with Crippen molar-refractivity contribution >= 4 is 40.8 Å². The van der Waals surface area contributed by atoms with E-state index in [1.54, 1.807) is 12.3 Å². The van der Waals surface area contributed by atoms with E-state index < -0.39 is 0 Å². The molecule has 0 atom stereocenters. The normalized spacial score (nSPS) is 14.7. The summed E-state index contributed by atoms with van der Waals surface area (Å²) >= 11 is 12.0. The third-order valence-electron chi connectivity index (χ3n) is 3.52. The van der Waals surface area contributed by atoms with E-state index in [4.69, 9.17) is 23.2 Å². The zero-order valence-electron chi connectivity index (χ0n) is 12.1. The molecule has 0 radical (unpaired) electrons. The molecule has 5 heteroatoms. The number of nitrogens with zero attached hydrogens (tertiary/aromatic N) is 3. The SMILES string of the molecule is CN1CCN=C(/C=C/c2ccc(Cl)c(Cl)c2)c2cccnc21. The van der Waals surface area contributed by atoms with Gasteiger partial charge in [0.2, 0.25) is 0 Å². The van der Waals surface area contributed by atoms with E-state index in [2.05, 4.69) is 14.9 Å². The second-order valence-corrected chi connectivity index (χ2v) is 5.88. The zero-order chi connectivity index (χ0) is 15.5. The summed E-state index contributed by atoms with van der Waals surface area (Å²) in [4.78, 5) is 11.2. The maximum absolute atomic E-state index is 6.05. The molecule has 0 saturated heterocycles. The van der Waals surface area contributed by atoms with E-state index >= 15 is 0 Å². The van der Waals surface area contributed by atoms with Gasteiger partial charge in [-0.3, -0.25) is 4.99 Å². The molecule has 0 fully saturated rings. The number of anilines is 1. The number of aliphatic imine (C=N–C) groups is 1. The first-order valence-corrected chi connectivity index (χ1v) is 7.75. The molecule has 0 amide bonds. The predicted octanol–water partition coefficient (Wildman–Crippen LogP) is 4.34. The van der Waals surface area contributed by atoms with Crippen LogP contribution in [0.5, 0.6) is 0 Å². The highest BCUT2D eigenvalue weighted by Gasteiger charge is 2.15. The van der Waals surface area contributed by atoms with E-state index in [1.165, 1.54) is 0 Å². The number of allylic oxidation sites excluding steroid dienone is 1. The minimum atomic E-state index is 0.549. The fraction of sp³-hybridized carbons (Fsp3) is 0.176. The van der Waals surface area contributed by atoms with Gasteiger partial charge in [0.1, 0.15) is 5.82 Å². The van der Waals surface area contributed by atoms with Crippen molar-refractivity contribution < 1.29 is 0 Å². The molecular formula is C17H15Cl2N3. The van der Waals surface area contributed by atoms with E-state index in [-0.39, 0.29) is 0 Å². The largest absolute Gasteiger partial charge is 0.357 e. The molecule has 0 aliphatic carbocycles. The van der Waals surface area contributed by atoms with E-state index in [1.807, 2.05) is 43.5 Å². The smallest absolute Gasteiger partial charge is 0.137 e. The van der Waals surface area contributed by atoms with Crippen LogP contribution < -0.4 is 4.90 Å². The molecule has 0 bridgehead atoms. The molecule has 2 aromatic rings. The molecule has 0 spiro atoms. The Kier molecular flexibility index (Phi) is 4.46. The van der Waals surface area contributed by atoms with Crippen molar-refractivity contribution in [2.75, 3.05) is 25.0 Å². The van der Waals surface area contributed by atoms with Crippen LogP contribution in [0.4, 0.5) is 5.82 Å². The molecule has 1 aromatic carbocycles. The Morgan fingerprint density at radius 1 is 1.14 bits per heavy atom. The van der Waals surface area contributed by atoms with Gasteiger partial charge in [-0.2, -0.15) is 0 Å². The van der Waals surface area contributed by atoms with Crippen molar-refractivity contribution in [2.24, 2.45) is 4.99 Å². The lowest BCUT2D eigenvalue weighted by molar-refractivity contribution is 0.880. The topological polar surface area (TPSA) is 28.5 Å². The van der Waals surface area contributed by atoms with Crippen LogP contribution in [0.3, 0.4) is 0 Å². The van der Waals surface area contributed by atoms with Gasteiger partial charge in [-0.1, -0.05) is 35.3 Å². The second kappa shape index (κ2) is 6.51. The van der Waals surface area contributed by atoms with Crippen molar-refractivity contribution in [3.05, 3.63) is 63.8 Å². The Morgan fingerprint density at radius 2 is 2.00 bits per heavy atom. The van der Waals surface area contributed by atoms with Gasteiger partial charge in [-0.05, 0) is 35.9 Å². The fourth-order valence-corrected chi connectivity index (χ4v) is 2.65. The standard InChI is InChI=1S/C17H15Cl2N3/c1-22-10-9-20-16(13-3-2-8-21-17(13)22)7-5-12-4-6-14(18)15(19)11-12/h2-8,11H,9-10H2,1H3/b7-5+. The lowest BCUT2D eigenvalue weighted by Gasteiger charge is -2.16. The summed E-state index contributed by atoms with van der Waals surface area (Å²) in [5.74, 6) is 0.956. The number of benzene rings is 1. The van der Waals surface area contributed by atoms with Crippen LogP contribution in [0.15, 0.2) is 47.6 Å². The van der Waals surface area contributed by atoms with Crippen LogP contribution in [-0.4, -0.2) is 30.8 Å². The molecule has 1 aliphatic heterocycles. The average molecular weight is 332 g/mol. The van der Waals surface area contributed by atoms with Crippen molar-refractivity contribution in [1.82, 2.24) is 4.98 Å². The minimum Gasteiger partial charge on any atom is -0.357 e. The van der Waals surface area contributed by atoms with Crippen molar-refractivity contribution in [3.8, 4) is 0 Å². The summed E-state index contributed by atoms with van der Waals surface area (Å²) in [6, 6.07) is 9.54. The van der Waals surface area contributed by atoms with Crippen LogP contribution in [0, 0.1) is 0 Å². The Hall–Kier alpha value is -1.84. The summed E-state index contributed by atoms with van der Waals surface area (Å²) in [7, 11) is 2.03. The first kappa shape index (κ1) is 15.1. The van der Waals surface area contributed by atoms with E-state index in [0.29, 0.717) is 10.0 Å². The molecule has 112 valence electrons. The molecule has 1 aliphatic rings. The number of halogens is 2. The quantitative estimate of drug-likeness (QED) is 0.818. The number of aromatic nitrogens is 1. The minimum absolute atomic E-state index is 0.549. The predicted molar refractivity (Wildman–Crippen MR) is 94.4 cm³/mol. The van der Waals surface area contributed by atoms with Crippen molar-refractivity contribution in [1.29, 1.82) is 0 Å². The van der Waals surface area contributed by atoms with E-state index in [9.17, 15) is 0 Å². The molecule has 2 heterocycles. The number of pyridine rings is 1. The lowest BCUT2D eigenvalue weighted by atomic mass is 10.1. The summed E-state index contributed by atoms with van der Waals surface area (Å²) in [6.07, 6.45) is 5.79. The van der Waals surface area contributed by atoms with Crippen molar-refractivity contribution in [3.63, 3.8) is 0 Å². The Balaban J connectivity index is 1.94. The maximum atomic E-state index is 6.05. The fourth-order valence-electron chi connectivity index (χ4n) is 2.35. The molecule has 0 unspecified atom stereocenters. The third-order valence-corrected chi connectivity index (χ3v) is 4.26. The first-order chi connectivity index (χ1) is 10.6. The maximum Gasteiger partial charge on any atom is 0.137 e. The first-order valence-electron chi connectivity index (χ1n) is 6.99.